The number of fused-ring (bicyclic) bond motifs is 1. The van der Waals surface area contributed by atoms with Crippen molar-refractivity contribution in [2.75, 3.05) is 20.8 Å². The number of esters is 3. The molecular weight excluding hydrogens is 398 g/mol. The van der Waals surface area contributed by atoms with Crippen LogP contribution in [0.2, 0.25) is 0 Å². The van der Waals surface area contributed by atoms with E-state index in [-0.39, 0.29) is 12.2 Å². The summed E-state index contributed by atoms with van der Waals surface area (Å²) in [5, 5.41) is 3.09. The maximum absolute atomic E-state index is 13.0. The maximum atomic E-state index is 13.0. The van der Waals surface area contributed by atoms with Crippen LogP contribution in [-0.2, 0) is 23.8 Å². The average Bonchev–Trinajstić information content (AvgIpc) is 2.92. The molecule has 0 bridgehead atoms. The van der Waals surface area contributed by atoms with Gasteiger partial charge in [0, 0.05) is 11.4 Å². The van der Waals surface area contributed by atoms with Gasteiger partial charge in [0.1, 0.15) is 0 Å². The summed E-state index contributed by atoms with van der Waals surface area (Å²) in [4.78, 5) is 38.3. The summed E-state index contributed by atoms with van der Waals surface area (Å²) in [6.07, 6.45) is 0. The minimum absolute atomic E-state index is 0.183. The molecule has 0 spiro atoms. The van der Waals surface area contributed by atoms with Crippen LogP contribution in [0.15, 0.2) is 58.9 Å². The first-order valence-electron chi connectivity index (χ1n) is 9.89. The Morgan fingerprint density at radius 1 is 0.871 bits per heavy atom. The van der Waals surface area contributed by atoms with Crippen LogP contribution in [0.25, 0.3) is 11.1 Å². The van der Waals surface area contributed by atoms with E-state index >= 15 is 0 Å². The van der Waals surface area contributed by atoms with E-state index in [4.69, 9.17) is 14.2 Å². The van der Waals surface area contributed by atoms with E-state index in [1.54, 1.807) is 32.9 Å². The summed E-state index contributed by atoms with van der Waals surface area (Å²) < 4.78 is 15.3. The molecule has 0 fully saturated rings. The molecule has 1 atom stereocenters. The highest BCUT2D eigenvalue weighted by atomic mass is 16.5. The highest BCUT2D eigenvalue weighted by Gasteiger charge is 2.40. The van der Waals surface area contributed by atoms with Gasteiger partial charge in [-0.3, -0.25) is 0 Å². The fraction of sp³-hybridized carbons (Fsp3) is 0.292. The number of methoxy groups -OCH3 is 2. The molecule has 7 nitrogen and oxygen atoms in total. The van der Waals surface area contributed by atoms with Gasteiger partial charge in [-0.05, 0) is 43.5 Å². The summed E-state index contributed by atoms with van der Waals surface area (Å²) in [7, 11) is 2.60. The van der Waals surface area contributed by atoms with E-state index in [1.807, 2.05) is 24.3 Å². The monoisotopic (exact) mass is 423 g/mol. The SMILES string of the molecule is CCOC(=O)C1=C(C)NC(C)=C(C(=O)OC)C1c1cc(C(=O)OC)c2cccccc1-2. The Kier molecular flexibility index (Phi) is 6.44. The first-order chi connectivity index (χ1) is 14.8. The van der Waals surface area contributed by atoms with Crippen molar-refractivity contribution in [2.45, 2.75) is 26.7 Å². The lowest BCUT2D eigenvalue weighted by atomic mass is 9.79. The fourth-order valence-corrected chi connectivity index (χ4v) is 4.03. The standard InChI is InChI=1S/C24H25NO6/c1-6-31-24(28)20-14(3)25-13(2)19(23(27)30-5)21(20)17-12-18(22(26)29-4)16-11-9-7-8-10-15(16)17/h7-12,21,25H,6H2,1-5H3. The topological polar surface area (TPSA) is 90.9 Å². The van der Waals surface area contributed by atoms with E-state index < -0.39 is 23.8 Å². The van der Waals surface area contributed by atoms with Crippen LogP contribution in [0.4, 0.5) is 0 Å². The molecule has 1 N–H and O–H groups in total. The van der Waals surface area contributed by atoms with Crippen molar-refractivity contribution >= 4 is 17.9 Å². The van der Waals surface area contributed by atoms with Gasteiger partial charge in [-0.2, -0.15) is 0 Å². The lowest BCUT2D eigenvalue weighted by molar-refractivity contribution is -0.139. The van der Waals surface area contributed by atoms with E-state index in [2.05, 4.69) is 5.32 Å². The Balaban J connectivity index is 2.35. The van der Waals surface area contributed by atoms with Crippen LogP contribution in [0.1, 0.15) is 42.6 Å². The van der Waals surface area contributed by atoms with Gasteiger partial charge < -0.3 is 19.5 Å². The number of carbonyl (C=O) groups is 3. The van der Waals surface area contributed by atoms with Crippen LogP contribution >= 0.6 is 0 Å². The third-order valence-corrected chi connectivity index (χ3v) is 5.32. The summed E-state index contributed by atoms with van der Waals surface area (Å²) in [5.74, 6) is -2.40. The number of dihydropyridines is 1. The predicted octanol–water partition coefficient (Wildman–Crippen LogP) is 3.55. The molecule has 0 saturated carbocycles. The quantitative estimate of drug-likeness (QED) is 0.581. The van der Waals surface area contributed by atoms with Crippen LogP contribution < -0.4 is 5.32 Å². The number of nitrogens with one attached hydrogen (secondary N) is 1. The van der Waals surface area contributed by atoms with Gasteiger partial charge in [0.15, 0.2) is 0 Å². The van der Waals surface area contributed by atoms with Gasteiger partial charge in [-0.25, -0.2) is 14.4 Å². The number of hydrogen-bond acceptors (Lipinski definition) is 7. The van der Waals surface area contributed by atoms with Gasteiger partial charge >= 0.3 is 17.9 Å². The van der Waals surface area contributed by atoms with Crippen molar-refractivity contribution in [3.63, 3.8) is 0 Å². The Labute approximate surface area is 181 Å². The van der Waals surface area contributed by atoms with Crippen molar-refractivity contribution in [2.24, 2.45) is 0 Å². The first-order valence-corrected chi connectivity index (χ1v) is 9.89. The molecule has 0 aromatic carbocycles. The largest absolute Gasteiger partial charge is 0.466 e. The molecule has 1 unspecified atom stereocenters. The molecule has 3 aliphatic rings. The molecule has 7 heteroatoms. The first kappa shape index (κ1) is 22.1. The molecule has 3 rings (SSSR count). The van der Waals surface area contributed by atoms with Crippen molar-refractivity contribution in [1.29, 1.82) is 0 Å². The zero-order valence-corrected chi connectivity index (χ0v) is 18.2. The van der Waals surface area contributed by atoms with Crippen molar-refractivity contribution in [1.82, 2.24) is 5.32 Å². The molecule has 162 valence electrons. The Bertz CT molecular complexity index is 1080. The zero-order valence-electron chi connectivity index (χ0n) is 18.2. The van der Waals surface area contributed by atoms with Gasteiger partial charge in [0.2, 0.25) is 0 Å². The Morgan fingerprint density at radius 3 is 2.03 bits per heavy atom. The summed E-state index contributed by atoms with van der Waals surface area (Å²) in [6, 6.07) is 10.8. The third-order valence-electron chi connectivity index (χ3n) is 5.32. The van der Waals surface area contributed by atoms with Crippen molar-refractivity contribution in [3.8, 4) is 11.1 Å². The number of allylic oxidation sites excluding steroid dienone is 2. The molecule has 1 heterocycles. The van der Waals surface area contributed by atoms with Crippen LogP contribution in [0.3, 0.4) is 0 Å². The van der Waals surface area contributed by atoms with Crippen LogP contribution in [0, 0.1) is 0 Å². The zero-order chi connectivity index (χ0) is 22.7. The lowest BCUT2D eigenvalue weighted by Gasteiger charge is -2.30. The van der Waals surface area contributed by atoms with Crippen LogP contribution in [0.5, 0.6) is 0 Å². The molecular formula is C24H25NO6. The minimum Gasteiger partial charge on any atom is -0.466 e. The minimum atomic E-state index is -0.781. The average molecular weight is 423 g/mol. The molecule has 0 saturated heterocycles. The van der Waals surface area contributed by atoms with Gasteiger partial charge in [0.05, 0.1) is 43.5 Å². The Morgan fingerprint density at radius 2 is 1.45 bits per heavy atom. The maximum Gasteiger partial charge on any atom is 0.338 e. The second-order valence-corrected chi connectivity index (χ2v) is 7.09. The van der Waals surface area contributed by atoms with E-state index in [1.165, 1.54) is 14.2 Å². The summed E-state index contributed by atoms with van der Waals surface area (Å²) in [6.45, 7) is 5.40. The summed E-state index contributed by atoms with van der Waals surface area (Å²) in [5.41, 5.74) is 4.07. The number of hydrogen-bond donors (Lipinski definition) is 1. The second-order valence-electron chi connectivity index (χ2n) is 7.09. The van der Waals surface area contributed by atoms with Gasteiger partial charge in [-0.1, -0.05) is 30.3 Å². The van der Waals surface area contributed by atoms with E-state index in [0.717, 1.165) is 5.56 Å². The smallest absolute Gasteiger partial charge is 0.338 e. The highest BCUT2D eigenvalue weighted by molar-refractivity contribution is 6.04. The highest BCUT2D eigenvalue weighted by Crippen LogP contribution is 2.46. The molecule has 0 amide bonds. The molecule has 31 heavy (non-hydrogen) atoms. The number of ether oxygens (including phenoxy) is 3. The molecule has 0 radical (unpaired) electrons. The number of rotatable bonds is 5. The number of carbonyl (C=O) groups excluding carboxylic acids is 3. The van der Waals surface area contributed by atoms with E-state index in [9.17, 15) is 14.4 Å². The summed E-state index contributed by atoms with van der Waals surface area (Å²) >= 11 is 0. The molecule has 1 aliphatic heterocycles. The third kappa shape index (κ3) is 3.91. The second kappa shape index (κ2) is 9.04. The fourth-order valence-electron chi connectivity index (χ4n) is 4.03. The lowest BCUT2D eigenvalue weighted by Crippen LogP contribution is -2.32. The molecule has 2 aliphatic carbocycles. The van der Waals surface area contributed by atoms with Crippen molar-refractivity contribution < 1.29 is 28.6 Å². The van der Waals surface area contributed by atoms with Crippen LogP contribution in [-0.4, -0.2) is 38.7 Å². The van der Waals surface area contributed by atoms with Crippen molar-refractivity contribution in [3.05, 3.63) is 70.1 Å². The van der Waals surface area contributed by atoms with Gasteiger partial charge in [-0.15, -0.1) is 0 Å². The van der Waals surface area contributed by atoms with E-state index in [0.29, 0.717) is 33.7 Å². The Hall–Kier alpha value is -3.61. The molecule has 0 aromatic heterocycles. The van der Waals surface area contributed by atoms with Gasteiger partial charge in [0.25, 0.3) is 0 Å². The predicted molar refractivity (Wildman–Crippen MR) is 114 cm³/mol. The normalized spacial score (nSPS) is 16.1. The molecule has 0 aromatic rings.